The van der Waals surface area contributed by atoms with Gasteiger partial charge in [0.2, 0.25) is 5.95 Å². The Morgan fingerprint density at radius 2 is 1.29 bits per heavy atom. The molecule has 3 aliphatic heterocycles. The number of hydrogen-bond acceptors (Lipinski definition) is 7. The average molecular weight is 476 g/mol. The van der Waals surface area contributed by atoms with E-state index in [2.05, 4.69) is 32.6 Å². The zero-order valence-corrected chi connectivity index (χ0v) is 20.5. The Bertz CT molecular complexity index is 613. The molecule has 31 heavy (non-hydrogen) atoms. The highest BCUT2D eigenvalue weighted by Gasteiger charge is 2.26. The van der Waals surface area contributed by atoms with Gasteiger partial charge in [-0.15, -0.1) is 24.8 Å². The Labute approximate surface area is 200 Å². The standard InChI is InChI=1S/C22H38N6O.2ClH/c1-2-3-4-9-21(29)27-16-14-26(15-17-27)20-18-19(25-10-5-6-11-25)23-22(24-20)28-12-7-8-13-28;;/h18,21,29H,2-17H2,1H3;2*1H. The molecule has 1 unspecified atom stereocenters. The summed E-state index contributed by atoms with van der Waals surface area (Å²) in [5.74, 6) is 3.06. The van der Waals surface area contributed by atoms with Crippen LogP contribution in [0.1, 0.15) is 58.3 Å². The van der Waals surface area contributed by atoms with Gasteiger partial charge in [0.25, 0.3) is 0 Å². The summed E-state index contributed by atoms with van der Waals surface area (Å²) in [6, 6.07) is 2.19. The molecular weight excluding hydrogens is 435 g/mol. The van der Waals surface area contributed by atoms with Crippen molar-refractivity contribution in [1.29, 1.82) is 0 Å². The van der Waals surface area contributed by atoms with Crippen LogP contribution >= 0.6 is 24.8 Å². The molecule has 0 spiro atoms. The van der Waals surface area contributed by atoms with Crippen LogP contribution in [-0.4, -0.2) is 78.6 Å². The fraction of sp³-hybridized carbons (Fsp3) is 0.818. The highest BCUT2D eigenvalue weighted by molar-refractivity contribution is 5.85. The summed E-state index contributed by atoms with van der Waals surface area (Å²) in [4.78, 5) is 19.3. The molecule has 0 amide bonds. The average Bonchev–Trinajstić information content (AvgIpc) is 3.48. The van der Waals surface area contributed by atoms with Gasteiger partial charge in [-0.3, -0.25) is 4.90 Å². The molecule has 1 aromatic rings. The van der Waals surface area contributed by atoms with Gasteiger partial charge in [0.15, 0.2) is 0 Å². The zero-order valence-electron chi connectivity index (χ0n) is 18.9. The first-order valence-electron chi connectivity index (χ1n) is 11.8. The van der Waals surface area contributed by atoms with Crippen LogP contribution in [0.5, 0.6) is 0 Å². The van der Waals surface area contributed by atoms with Gasteiger partial charge >= 0.3 is 0 Å². The highest BCUT2D eigenvalue weighted by atomic mass is 35.5. The van der Waals surface area contributed by atoms with E-state index < -0.39 is 0 Å². The second kappa shape index (κ2) is 12.9. The van der Waals surface area contributed by atoms with Crippen LogP contribution in [0.25, 0.3) is 0 Å². The Morgan fingerprint density at radius 3 is 1.84 bits per heavy atom. The third-order valence-corrected chi connectivity index (χ3v) is 6.63. The number of rotatable bonds is 8. The summed E-state index contributed by atoms with van der Waals surface area (Å²) in [7, 11) is 0. The molecule has 0 aliphatic carbocycles. The van der Waals surface area contributed by atoms with Crippen molar-refractivity contribution in [2.75, 3.05) is 67.1 Å². The maximum atomic E-state index is 10.5. The number of unbranched alkanes of at least 4 members (excludes halogenated alkanes) is 2. The van der Waals surface area contributed by atoms with Crippen molar-refractivity contribution in [3.8, 4) is 0 Å². The first-order valence-corrected chi connectivity index (χ1v) is 11.8. The van der Waals surface area contributed by atoms with E-state index in [1.54, 1.807) is 0 Å². The summed E-state index contributed by atoms with van der Waals surface area (Å²) in [5, 5.41) is 10.5. The van der Waals surface area contributed by atoms with E-state index in [1.807, 2.05) is 0 Å². The minimum absolute atomic E-state index is 0. The normalized spacial score (nSPS) is 20.5. The number of halogens is 2. The lowest BCUT2D eigenvalue weighted by Crippen LogP contribution is -2.50. The van der Waals surface area contributed by atoms with Crippen LogP contribution in [0.3, 0.4) is 0 Å². The van der Waals surface area contributed by atoms with Gasteiger partial charge in [-0.1, -0.05) is 19.8 Å². The van der Waals surface area contributed by atoms with Gasteiger partial charge in [-0.05, 0) is 38.5 Å². The number of nitrogens with zero attached hydrogens (tertiary/aromatic N) is 6. The van der Waals surface area contributed by atoms with Gasteiger partial charge in [-0.2, -0.15) is 9.97 Å². The third kappa shape index (κ3) is 6.73. The van der Waals surface area contributed by atoms with Gasteiger partial charge < -0.3 is 19.8 Å². The smallest absolute Gasteiger partial charge is 0.229 e. The molecule has 1 atom stereocenters. The Kier molecular flexibility index (Phi) is 10.9. The molecule has 7 nitrogen and oxygen atoms in total. The number of hydrogen-bond donors (Lipinski definition) is 1. The number of aliphatic hydroxyl groups excluding tert-OH is 1. The largest absolute Gasteiger partial charge is 0.378 e. The lowest BCUT2D eigenvalue weighted by molar-refractivity contribution is -0.00713. The minimum Gasteiger partial charge on any atom is -0.378 e. The second-order valence-corrected chi connectivity index (χ2v) is 8.77. The quantitative estimate of drug-likeness (QED) is 0.577. The monoisotopic (exact) mass is 474 g/mol. The van der Waals surface area contributed by atoms with E-state index in [-0.39, 0.29) is 31.0 Å². The SMILES string of the molecule is CCCCCC(O)N1CCN(c2cc(N3CCCC3)nc(N3CCCC3)n2)CC1.Cl.Cl. The maximum absolute atomic E-state index is 10.5. The van der Waals surface area contributed by atoms with Crippen molar-refractivity contribution in [2.24, 2.45) is 0 Å². The van der Waals surface area contributed by atoms with Crippen molar-refractivity contribution >= 4 is 42.4 Å². The predicted molar refractivity (Wildman–Crippen MR) is 133 cm³/mol. The molecule has 4 rings (SSSR count). The van der Waals surface area contributed by atoms with E-state index in [4.69, 9.17) is 9.97 Å². The van der Waals surface area contributed by atoms with Crippen LogP contribution in [-0.2, 0) is 0 Å². The molecule has 3 aliphatic rings. The molecule has 9 heteroatoms. The molecule has 1 N–H and O–H groups in total. The summed E-state index contributed by atoms with van der Waals surface area (Å²) in [5.41, 5.74) is 0. The summed E-state index contributed by atoms with van der Waals surface area (Å²) in [6.45, 7) is 10.2. The molecular formula is C22H40Cl2N6O. The lowest BCUT2D eigenvalue weighted by atomic mass is 10.1. The van der Waals surface area contributed by atoms with Crippen LogP contribution < -0.4 is 14.7 Å². The molecule has 0 aromatic carbocycles. The highest BCUT2D eigenvalue weighted by Crippen LogP contribution is 2.28. The Morgan fingerprint density at radius 1 is 0.774 bits per heavy atom. The zero-order chi connectivity index (χ0) is 20.1. The van der Waals surface area contributed by atoms with Crippen molar-refractivity contribution in [1.82, 2.24) is 14.9 Å². The first-order chi connectivity index (χ1) is 14.2. The van der Waals surface area contributed by atoms with Crippen LogP contribution in [0, 0.1) is 0 Å². The number of piperazine rings is 1. The fourth-order valence-electron chi connectivity index (χ4n) is 4.75. The fourth-order valence-corrected chi connectivity index (χ4v) is 4.75. The van der Waals surface area contributed by atoms with Crippen LogP contribution in [0.15, 0.2) is 6.07 Å². The van der Waals surface area contributed by atoms with E-state index in [1.165, 1.54) is 38.5 Å². The van der Waals surface area contributed by atoms with Gasteiger partial charge in [0.05, 0.1) is 0 Å². The first kappa shape index (κ1) is 26.2. The molecule has 0 radical (unpaired) electrons. The van der Waals surface area contributed by atoms with Crippen molar-refractivity contribution in [3.63, 3.8) is 0 Å². The molecule has 4 heterocycles. The van der Waals surface area contributed by atoms with Gasteiger partial charge in [-0.25, -0.2) is 0 Å². The van der Waals surface area contributed by atoms with Crippen molar-refractivity contribution < 1.29 is 5.11 Å². The Hall–Kier alpha value is -1.02. The number of anilines is 3. The van der Waals surface area contributed by atoms with Gasteiger partial charge in [0.1, 0.15) is 17.9 Å². The molecule has 0 saturated carbocycles. The molecule has 0 bridgehead atoms. The molecule has 1 aromatic heterocycles. The van der Waals surface area contributed by atoms with Crippen LogP contribution in [0.2, 0.25) is 0 Å². The summed E-state index contributed by atoms with van der Waals surface area (Å²) >= 11 is 0. The van der Waals surface area contributed by atoms with Crippen molar-refractivity contribution in [3.05, 3.63) is 6.07 Å². The Balaban J connectivity index is 0.00000171. The van der Waals surface area contributed by atoms with E-state index in [0.717, 1.165) is 82.8 Å². The topological polar surface area (TPSA) is 59.0 Å². The van der Waals surface area contributed by atoms with E-state index >= 15 is 0 Å². The van der Waals surface area contributed by atoms with Gasteiger partial charge in [0, 0.05) is 58.4 Å². The molecule has 3 fully saturated rings. The summed E-state index contributed by atoms with van der Waals surface area (Å²) < 4.78 is 0. The van der Waals surface area contributed by atoms with Crippen molar-refractivity contribution in [2.45, 2.75) is 64.5 Å². The maximum Gasteiger partial charge on any atom is 0.229 e. The third-order valence-electron chi connectivity index (χ3n) is 6.63. The number of aliphatic hydroxyl groups is 1. The summed E-state index contributed by atoms with van der Waals surface area (Å²) in [6.07, 6.45) is 9.10. The minimum atomic E-state index is -0.297. The molecule has 178 valence electrons. The van der Waals surface area contributed by atoms with E-state index in [0.29, 0.717) is 0 Å². The lowest BCUT2D eigenvalue weighted by Gasteiger charge is -2.38. The number of aromatic nitrogens is 2. The molecule has 3 saturated heterocycles. The van der Waals surface area contributed by atoms with E-state index in [9.17, 15) is 5.11 Å². The second-order valence-electron chi connectivity index (χ2n) is 8.77. The van der Waals surface area contributed by atoms with Crippen LogP contribution in [0.4, 0.5) is 17.6 Å². The predicted octanol–water partition coefficient (Wildman–Crippen LogP) is 3.54.